The van der Waals surface area contributed by atoms with E-state index < -0.39 is 0 Å². The number of amides is 2. The highest BCUT2D eigenvalue weighted by molar-refractivity contribution is 8.04. The van der Waals surface area contributed by atoms with Crippen molar-refractivity contribution in [2.24, 2.45) is 0 Å². The molecule has 0 saturated carbocycles. The molecule has 37 heavy (non-hydrogen) atoms. The highest BCUT2D eigenvalue weighted by Gasteiger charge is 2.29. The van der Waals surface area contributed by atoms with Crippen molar-refractivity contribution in [3.63, 3.8) is 0 Å². The molecule has 0 bridgehead atoms. The van der Waals surface area contributed by atoms with Crippen LogP contribution in [0.3, 0.4) is 0 Å². The van der Waals surface area contributed by atoms with Gasteiger partial charge in [-0.1, -0.05) is 71.9 Å². The largest absolute Gasteiger partial charge is 0.352 e. The number of carbonyl (C=O) groups excluding carboxylic acids is 2. The summed E-state index contributed by atoms with van der Waals surface area (Å²) in [5, 5.41) is 3.04. The quantitative estimate of drug-likeness (QED) is 0.269. The fraction of sp³-hybridized carbons (Fsp3) is 0.250. The second kappa shape index (κ2) is 11.7. The van der Waals surface area contributed by atoms with E-state index in [4.69, 9.17) is 0 Å². The Labute approximate surface area is 223 Å². The molecule has 5 heteroatoms. The maximum atomic E-state index is 13.6. The number of aryl methyl sites for hydroxylation is 1. The summed E-state index contributed by atoms with van der Waals surface area (Å²) in [5.41, 5.74) is 6.23. The molecule has 0 radical (unpaired) electrons. The van der Waals surface area contributed by atoms with Crippen molar-refractivity contribution in [1.29, 1.82) is 0 Å². The molecule has 4 nitrogen and oxygen atoms in total. The van der Waals surface area contributed by atoms with Gasteiger partial charge in [0.05, 0.1) is 17.1 Å². The van der Waals surface area contributed by atoms with Crippen molar-refractivity contribution in [3.8, 4) is 0 Å². The standard InChI is InChI=1S/C32H32N2O2S/c1-23-9-5-6-12-27(23)22-34-28-13-7-8-14-29(28)37-30(32(34)36)21-25-15-17-26(18-16-25)31(35)33-20-19-24-10-3-2-4-11-24/h5-10,12-18,21H,2-4,11,19-20,22H2,1H3,(H,33,35). The topological polar surface area (TPSA) is 49.4 Å². The van der Waals surface area contributed by atoms with Gasteiger partial charge in [-0.2, -0.15) is 0 Å². The molecule has 3 aromatic rings. The van der Waals surface area contributed by atoms with E-state index in [1.165, 1.54) is 35.7 Å². The third-order valence-corrected chi connectivity index (χ3v) is 8.09. The van der Waals surface area contributed by atoms with E-state index in [1.807, 2.05) is 65.6 Å². The molecule has 1 heterocycles. The van der Waals surface area contributed by atoms with Gasteiger partial charge in [0.25, 0.3) is 11.8 Å². The molecule has 5 rings (SSSR count). The van der Waals surface area contributed by atoms with Crippen molar-refractivity contribution < 1.29 is 9.59 Å². The molecule has 0 aromatic heterocycles. The summed E-state index contributed by atoms with van der Waals surface area (Å²) in [6.45, 7) is 3.26. The Morgan fingerprint density at radius 3 is 2.57 bits per heavy atom. The van der Waals surface area contributed by atoms with E-state index in [0.29, 0.717) is 23.6 Å². The van der Waals surface area contributed by atoms with E-state index in [0.717, 1.165) is 41.0 Å². The second-order valence-electron chi connectivity index (χ2n) is 9.63. The Morgan fingerprint density at radius 1 is 1.00 bits per heavy atom. The van der Waals surface area contributed by atoms with E-state index >= 15 is 0 Å². The third kappa shape index (κ3) is 6.05. The molecule has 1 N–H and O–H groups in total. The summed E-state index contributed by atoms with van der Waals surface area (Å²) in [7, 11) is 0. The molecule has 0 fully saturated rings. The van der Waals surface area contributed by atoms with E-state index in [9.17, 15) is 9.59 Å². The van der Waals surface area contributed by atoms with Crippen LogP contribution in [0.2, 0.25) is 0 Å². The Kier molecular flexibility index (Phi) is 7.90. The predicted octanol–water partition coefficient (Wildman–Crippen LogP) is 7.30. The average molecular weight is 509 g/mol. The Balaban J connectivity index is 1.29. The number of hydrogen-bond donors (Lipinski definition) is 1. The first-order chi connectivity index (χ1) is 18.1. The van der Waals surface area contributed by atoms with Crippen molar-refractivity contribution in [2.75, 3.05) is 11.4 Å². The molecule has 2 amide bonds. The van der Waals surface area contributed by atoms with Gasteiger partial charge in [-0.3, -0.25) is 9.59 Å². The summed E-state index contributed by atoms with van der Waals surface area (Å²) >= 11 is 1.50. The number of anilines is 1. The van der Waals surface area contributed by atoms with Gasteiger partial charge in [0.15, 0.2) is 0 Å². The number of nitrogens with one attached hydrogen (secondary N) is 1. The van der Waals surface area contributed by atoms with Crippen molar-refractivity contribution in [1.82, 2.24) is 5.32 Å². The number of hydrogen-bond acceptors (Lipinski definition) is 3. The SMILES string of the molecule is Cc1ccccc1CN1C(=O)C(=Cc2ccc(C(=O)NCCC3=CCCCC3)cc2)Sc2ccccc21. The molecule has 0 saturated heterocycles. The molecular weight excluding hydrogens is 476 g/mol. The van der Waals surface area contributed by atoms with Gasteiger partial charge in [-0.15, -0.1) is 0 Å². The molecule has 2 aliphatic rings. The number of para-hydroxylation sites is 1. The highest BCUT2D eigenvalue weighted by Crippen LogP contribution is 2.42. The van der Waals surface area contributed by atoms with Crippen LogP contribution in [0.15, 0.2) is 94.2 Å². The zero-order valence-electron chi connectivity index (χ0n) is 21.2. The molecule has 0 spiro atoms. The fourth-order valence-electron chi connectivity index (χ4n) is 4.83. The lowest BCUT2D eigenvalue weighted by atomic mass is 9.97. The van der Waals surface area contributed by atoms with E-state index in [1.54, 1.807) is 0 Å². The monoisotopic (exact) mass is 508 g/mol. The smallest absolute Gasteiger partial charge is 0.265 e. The first-order valence-corrected chi connectivity index (χ1v) is 13.8. The van der Waals surface area contributed by atoms with Crippen molar-refractivity contribution >= 4 is 35.3 Å². The lowest BCUT2D eigenvalue weighted by Crippen LogP contribution is -2.33. The zero-order chi connectivity index (χ0) is 25.6. The Bertz CT molecular complexity index is 1360. The van der Waals surface area contributed by atoms with Gasteiger partial charge in [0.1, 0.15) is 0 Å². The van der Waals surface area contributed by atoms with Gasteiger partial charge < -0.3 is 10.2 Å². The fourth-order valence-corrected chi connectivity index (χ4v) is 5.89. The third-order valence-electron chi connectivity index (χ3n) is 7.01. The normalized spacial score (nSPS) is 16.4. The molecule has 3 aromatic carbocycles. The zero-order valence-corrected chi connectivity index (χ0v) is 22.0. The first-order valence-electron chi connectivity index (χ1n) is 13.0. The van der Waals surface area contributed by atoms with E-state index in [-0.39, 0.29) is 11.8 Å². The van der Waals surface area contributed by atoms with Crippen LogP contribution >= 0.6 is 11.8 Å². The minimum Gasteiger partial charge on any atom is -0.352 e. The van der Waals surface area contributed by atoms with Gasteiger partial charge >= 0.3 is 0 Å². The summed E-state index contributed by atoms with van der Waals surface area (Å²) in [6, 6.07) is 23.7. The van der Waals surface area contributed by atoms with Crippen LogP contribution in [-0.2, 0) is 11.3 Å². The molecule has 188 valence electrons. The maximum Gasteiger partial charge on any atom is 0.265 e. The number of allylic oxidation sites excluding steroid dienone is 1. The van der Waals surface area contributed by atoms with Crippen LogP contribution in [0.1, 0.15) is 59.2 Å². The first kappa shape index (κ1) is 25.1. The summed E-state index contributed by atoms with van der Waals surface area (Å²) < 4.78 is 0. The number of nitrogens with zero attached hydrogens (tertiary/aromatic N) is 1. The molecule has 0 atom stereocenters. The van der Waals surface area contributed by atoms with Gasteiger partial charge in [-0.25, -0.2) is 0 Å². The van der Waals surface area contributed by atoms with Crippen LogP contribution in [0.4, 0.5) is 5.69 Å². The van der Waals surface area contributed by atoms with Gasteiger partial charge in [-0.05, 0) is 86.1 Å². The van der Waals surface area contributed by atoms with Crippen LogP contribution in [0.25, 0.3) is 6.08 Å². The van der Waals surface area contributed by atoms with Crippen LogP contribution < -0.4 is 10.2 Å². The van der Waals surface area contributed by atoms with Crippen molar-refractivity contribution in [2.45, 2.75) is 50.5 Å². The maximum absolute atomic E-state index is 13.6. The number of benzene rings is 3. The Hall–Kier alpha value is -3.57. The lowest BCUT2D eigenvalue weighted by Gasteiger charge is -2.31. The van der Waals surface area contributed by atoms with Gasteiger partial charge in [0, 0.05) is 17.0 Å². The average Bonchev–Trinajstić information content (AvgIpc) is 2.93. The van der Waals surface area contributed by atoms with Crippen LogP contribution in [-0.4, -0.2) is 18.4 Å². The molecule has 0 unspecified atom stereocenters. The van der Waals surface area contributed by atoms with Crippen LogP contribution in [0.5, 0.6) is 0 Å². The number of fused-ring (bicyclic) bond motifs is 1. The molecular formula is C32H32N2O2S. The summed E-state index contributed by atoms with van der Waals surface area (Å²) in [6.07, 6.45) is 10.0. The number of thioether (sulfide) groups is 1. The number of carbonyl (C=O) groups is 2. The van der Waals surface area contributed by atoms with Crippen molar-refractivity contribution in [3.05, 3.63) is 112 Å². The van der Waals surface area contributed by atoms with E-state index in [2.05, 4.69) is 36.5 Å². The highest BCUT2D eigenvalue weighted by atomic mass is 32.2. The summed E-state index contributed by atoms with van der Waals surface area (Å²) in [5.74, 6) is -0.0668. The predicted molar refractivity (Wildman–Crippen MR) is 153 cm³/mol. The second-order valence-corrected chi connectivity index (χ2v) is 10.7. The molecule has 1 aliphatic heterocycles. The minimum atomic E-state index is -0.0583. The molecule has 1 aliphatic carbocycles. The minimum absolute atomic E-state index is 0.00853. The lowest BCUT2D eigenvalue weighted by molar-refractivity contribution is -0.114. The number of rotatable bonds is 7. The van der Waals surface area contributed by atoms with Crippen LogP contribution in [0, 0.1) is 6.92 Å². The summed E-state index contributed by atoms with van der Waals surface area (Å²) in [4.78, 5) is 29.8. The Morgan fingerprint density at radius 2 is 1.78 bits per heavy atom. The van der Waals surface area contributed by atoms with Gasteiger partial charge in [0.2, 0.25) is 0 Å².